The average molecular weight is 439 g/mol. The number of aromatic nitrogens is 1. The van der Waals surface area contributed by atoms with E-state index in [2.05, 4.69) is 15.4 Å². The van der Waals surface area contributed by atoms with E-state index < -0.39 is 21.0 Å². The van der Waals surface area contributed by atoms with Gasteiger partial charge in [0.25, 0.3) is 0 Å². The number of anilines is 1. The van der Waals surface area contributed by atoms with Gasteiger partial charge in [0, 0.05) is 29.9 Å². The Morgan fingerprint density at radius 2 is 1.73 bits per heavy atom. The highest BCUT2D eigenvalue weighted by molar-refractivity contribution is 7.90. The van der Waals surface area contributed by atoms with Crippen molar-refractivity contribution in [1.82, 2.24) is 14.6 Å². The van der Waals surface area contributed by atoms with Gasteiger partial charge in [-0.25, -0.2) is 22.7 Å². The quantitative estimate of drug-likeness (QED) is 0.640. The molecule has 1 aromatic heterocycles. The molecule has 0 atom stereocenters. The van der Waals surface area contributed by atoms with Crippen molar-refractivity contribution in [3.63, 3.8) is 0 Å². The third-order valence-corrected chi connectivity index (χ3v) is 7.30. The molecular formula is C20H30N4O5S. The highest BCUT2D eigenvalue weighted by atomic mass is 32.2. The van der Waals surface area contributed by atoms with E-state index in [4.69, 9.17) is 4.42 Å². The molecule has 1 heterocycles. The number of oxazole rings is 1. The lowest BCUT2D eigenvalue weighted by Crippen LogP contribution is -2.46. The molecule has 1 aliphatic carbocycles. The summed E-state index contributed by atoms with van der Waals surface area (Å²) < 4.78 is 33.6. The van der Waals surface area contributed by atoms with Crippen LogP contribution in [0.3, 0.4) is 0 Å². The Morgan fingerprint density at radius 3 is 2.33 bits per heavy atom. The van der Waals surface area contributed by atoms with Gasteiger partial charge in [0.1, 0.15) is 0 Å². The minimum atomic E-state index is -3.29. The maximum atomic E-state index is 12.4. The van der Waals surface area contributed by atoms with Gasteiger partial charge in [-0.2, -0.15) is 0 Å². The zero-order valence-electron chi connectivity index (χ0n) is 17.8. The van der Waals surface area contributed by atoms with Crippen LogP contribution in [0.1, 0.15) is 59.4 Å². The predicted octanol–water partition coefficient (Wildman–Crippen LogP) is 2.94. The largest absolute Gasteiger partial charge is 0.420 e. The number of nitrogens with zero attached hydrogens (tertiary/aromatic N) is 1. The Morgan fingerprint density at radius 1 is 1.10 bits per heavy atom. The Balaban J connectivity index is 1.55. The fourth-order valence-electron chi connectivity index (χ4n) is 3.68. The number of carbonyl (C=O) groups is 1. The lowest BCUT2D eigenvalue weighted by molar-refractivity contribution is 0.242. The molecule has 3 rings (SSSR count). The molecule has 3 N–H and O–H groups in total. The third kappa shape index (κ3) is 5.04. The smallest absolute Gasteiger partial charge is 0.408 e. The summed E-state index contributed by atoms with van der Waals surface area (Å²) in [5.41, 5.74) is 1.63. The van der Waals surface area contributed by atoms with Crippen LogP contribution in [-0.2, 0) is 10.0 Å². The maximum Gasteiger partial charge on any atom is 0.420 e. The molecule has 0 unspecified atom stereocenters. The Bertz CT molecular complexity index is 1060. The highest BCUT2D eigenvalue weighted by Crippen LogP contribution is 2.22. The molecule has 0 saturated heterocycles. The van der Waals surface area contributed by atoms with E-state index in [1.54, 1.807) is 36.6 Å². The van der Waals surface area contributed by atoms with Crippen molar-refractivity contribution in [2.45, 2.75) is 76.8 Å². The summed E-state index contributed by atoms with van der Waals surface area (Å²) in [6, 6.07) is 4.64. The first-order valence-electron chi connectivity index (χ1n) is 10.3. The Hall–Kier alpha value is -2.33. The minimum absolute atomic E-state index is 0.0199. The normalized spacial score (nSPS) is 20.1. The summed E-state index contributed by atoms with van der Waals surface area (Å²) in [5.74, 6) is -0.425. The van der Waals surface area contributed by atoms with Crippen molar-refractivity contribution in [1.29, 1.82) is 0 Å². The van der Waals surface area contributed by atoms with Crippen molar-refractivity contribution in [3.05, 3.63) is 28.7 Å². The molecule has 10 heteroatoms. The first-order valence-corrected chi connectivity index (χ1v) is 11.8. The Kier molecular flexibility index (Phi) is 6.56. The number of hydrogen-bond donors (Lipinski definition) is 3. The van der Waals surface area contributed by atoms with E-state index >= 15 is 0 Å². The molecule has 1 saturated carbocycles. The van der Waals surface area contributed by atoms with Crippen molar-refractivity contribution in [3.8, 4) is 0 Å². The monoisotopic (exact) mass is 438 g/mol. The van der Waals surface area contributed by atoms with Crippen LogP contribution < -0.4 is 21.1 Å². The van der Waals surface area contributed by atoms with Gasteiger partial charge in [-0.3, -0.25) is 4.57 Å². The van der Waals surface area contributed by atoms with E-state index in [-0.39, 0.29) is 24.2 Å². The standard InChI is InChI=1S/C20H30N4O5S/c1-12(2)24-17-10-9-16(11-18(17)29-20(24)26)22-19(25)21-14-5-7-15(8-6-14)23-30(27,28)13(3)4/h9-15,23H,5-8H2,1-4H3,(H2,21,22,25). The SMILES string of the molecule is CC(C)n1c(=O)oc2cc(NC(=O)NC3CCC(NS(=O)(=O)C(C)C)CC3)ccc21. The second kappa shape index (κ2) is 8.81. The second-order valence-electron chi connectivity index (χ2n) is 8.37. The number of amides is 2. The van der Waals surface area contributed by atoms with Crippen LogP contribution in [0, 0.1) is 0 Å². The zero-order valence-corrected chi connectivity index (χ0v) is 18.6. The number of fused-ring (bicyclic) bond motifs is 1. The summed E-state index contributed by atoms with van der Waals surface area (Å²) in [7, 11) is -3.29. The number of rotatable bonds is 6. The van der Waals surface area contributed by atoms with Crippen LogP contribution in [0.15, 0.2) is 27.4 Å². The van der Waals surface area contributed by atoms with Gasteiger partial charge in [-0.15, -0.1) is 0 Å². The van der Waals surface area contributed by atoms with Crippen molar-refractivity contribution < 1.29 is 17.6 Å². The predicted molar refractivity (Wildman–Crippen MR) is 116 cm³/mol. The van der Waals surface area contributed by atoms with E-state index in [1.165, 1.54) is 0 Å². The molecule has 0 spiro atoms. The number of benzene rings is 1. The van der Waals surface area contributed by atoms with Gasteiger partial charge in [0.05, 0.1) is 10.8 Å². The van der Waals surface area contributed by atoms with Crippen LogP contribution in [0.5, 0.6) is 0 Å². The molecular weight excluding hydrogens is 408 g/mol. The summed E-state index contributed by atoms with van der Waals surface area (Å²) >= 11 is 0. The van der Waals surface area contributed by atoms with E-state index in [1.807, 2.05) is 13.8 Å². The zero-order chi connectivity index (χ0) is 22.1. The summed E-state index contributed by atoms with van der Waals surface area (Å²) in [6.45, 7) is 7.11. The third-order valence-electron chi connectivity index (χ3n) is 5.40. The molecule has 0 aliphatic heterocycles. The number of carbonyl (C=O) groups excluding carboxylic acids is 1. The molecule has 1 aliphatic rings. The van der Waals surface area contributed by atoms with Gasteiger partial charge in [0.2, 0.25) is 10.0 Å². The Labute approximate surface area is 176 Å². The summed E-state index contributed by atoms with van der Waals surface area (Å²) in [4.78, 5) is 24.3. The van der Waals surface area contributed by atoms with Gasteiger partial charge < -0.3 is 15.1 Å². The number of nitrogens with one attached hydrogen (secondary N) is 3. The van der Waals surface area contributed by atoms with Crippen molar-refractivity contribution in [2.75, 3.05) is 5.32 Å². The summed E-state index contributed by atoms with van der Waals surface area (Å²) in [5, 5.41) is 5.24. The van der Waals surface area contributed by atoms with Crippen molar-refractivity contribution in [2.24, 2.45) is 0 Å². The maximum absolute atomic E-state index is 12.4. The molecule has 1 aromatic carbocycles. The first kappa shape index (κ1) is 22.4. The first-order chi connectivity index (χ1) is 14.1. The molecule has 2 aromatic rings. The van der Waals surface area contributed by atoms with Crippen LogP contribution in [0.25, 0.3) is 11.1 Å². The molecule has 0 bridgehead atoms. The van der Waals surface area contributed by atoms with Gasteiger partial charge in [-0.1, -0.05) is 0 Å². The lowest BCUT2D eigenvalue weighted by Gasteiger charge is -2.30. The number of sulfonamides is 1. The minimum Gasteiger partial charge on any atom is -0.408 e. The molecule has 9 nitrogen and oxygen atoms in total. The number of hydrogen-bond acceptors (Lipinski definition) is 5. The van der Waals surface area contributed by atoms with Crippen molar-refractivity contribution >= 4 is 32.8 Å². The van der Waals surface area contributed by atoms with E-state index in [0.717, 1.165) is 0 Å². The second-order valence-corrected chi connectivity index (χ2v) is 10.6. The van der Waals surface area contributed by atoms with Gasteiger partial charge in [-0.05, 0) is 65.5 Å². The molecule has 1 fully saturated rings. The summed E-state index contributed by atoms with van der Waals surface area (Å²) in [6.07, 6.45) is 2.75. The topological polar surface area (TPSA) is 122 Å². The highest BCUT2D eigenvalue weighted by Gasteiger charge is 2.27. The molecule has 166 valence electrons. The van der Waals surface area contributed by atoms with Gasteiger partial charge in [0.15, 0.2) is 5.58 Å². The molecule has 30 heavy (non-hydrogen) atoms. The fourth-order valence-corrected chi connectivity index (χ4v) is 4.65. The van der Waals surface area contributed by atoms with E-state index in [9.17, 15) is 18.0 Å². The molecule has 2 amide bonds. The van der Waals surface area contributed by atoms with E-state index in [0.29, 0.717) is 42.5 Å². The number of urea groups is 1. The average Bonchev–Trinajstić information content (AvgIpc) is 2.98. The van der Waals surface area contributed by atoms with Crippen LogP contribution in [0.2, 0.25) is 0 Å². The van der Waals surface area contributed by atoms with Crippen LogP contribution >= 0.6 is 0 Å². The van der Waals surface area contributed by atoms with Gasteiger partial charge >= 0.3 is 11.8 Å². The molecule has 0 radical (unpaired) electrons. The van der Waals surface area contributed by atoms with Crippen LogP contribution in [-0.4, -0.2) is 36.3 Å². The fraction of sp³-hybridized carbons (Fsp3) is 0.600. The van der Waals surface area contributed by atoms with Crippen LogP contribution in [0.4, 0.5) is 10.5 Å². The lowest BCUT2D eigenvalue weighted by atomic mass is 9.92.